The summed E-state index contributed by atoms with van der Waals surface area (Å²) in [6, 6.07) is 10.0. The lowest BCUT2D eigenvalue weighted by molar-refractivity contribution is 0.259. The zero-order chi connectivity index (χ0) is 15.0. The molecule has 2 bridgehead atoms. The highest BCUT2D eigenvalue weighted by Crippen LogP contribution is 2.52. The molecular formula is C20H31N. The second-order valence-corrected chi connectivity index (χ2v) is 7.96. The summed E-state index contributed by atoms with van der Waals surface area (Å²) in [5, 5.41) is 3.62. The second-order valence-electron chi connectivity index (χ2n) is 7.96. The van der Waals surface area contributed by atoms with Crippen LogP contribution in [0.15, 0.2) is 24.3 Å². The summed E-state index contributed by atoms with van der Waals surface area (Å²) in [7, 11) is 2.14. The van der Waals surface area contributed by atoms with Gasteiger partial charge in [-0.1, -0.05) is 51.5 Å². The van der Waals surface area contributed by atoms with Crippen LogP contribution in [0.3, 0.4) is 0 Å². The zero-order valence-corrected chi connectivity index (χ0v) is 14.2. The van der Waals surface area contributed by atoms with Gasteiger partial charge < -0.3 is 5.32 Å². The van der Waals surface area contributed by atoms with Gasteiger partial charge in [0.1, 0.15) is 0 Å². The maximum Gasteiger partial charge on any atom is 0.0348 e. The monoisotopic (exact) mass is 285 g/mol. The Hall–Kier alpha value is -0.820. The molecule has 2 aliphatic rings. The summed E-state index contributed by atoms with van der Waals surface area (Å²) in [5.41, 5.74) is 3.25. The summed E-state index contributed by atoms with van der Waals surface area (Å²) in [6.07, 6.45) is 7.08. The standard InChI is InChI=1S/C20H31N/c1-5-20(2,3)17-10-8-15(9-11-17)19(21-4)18-13-14-6-7-16(18)12-14/h8-11,14,16,18-19,21H,5-7,12-13H2,1-4H3. The van der Waals surface area contributed by atoms with Gasteiger partial charge in [0.15, 0.2) is 0 Å². The Morgan fingerprint density at radius 3 is 2.33 bits per heavy atom. The van der Waals surface area contributed by atoms with E-state index < -0.39 is 0 Å². The number of nitrogens with one attached hydrogen (secondary N) is 1. The normalized spacial score (nSPS) is 29.8. The molecule has 2 aliphatic carbocycles. The van der Waals surface area contributed by atoms with E-state index in [1.165, 1.54) is 43.2 Å². The largest absolute Gasteiger partial charge is 0.313 e. The molecule has 116 valence electrons. The van der Waals surface area contributed by atoms with E-state index in [1.54, 1.807) is 0 Å². The van der Waals surface area contributed by atoms with E-state index in [1.807, 2.05) is 0 Å². The van der Waals surface area contributed by atoms with E-state index in [4.69, 9.17) is 0 Å². The average molecular weight is 285 g/mol. The summed E-state index contributed by atoms with van der Waals surface area (Å²) in [4.78, 5) is 0. The molecule has 1 aromatic rings. The van der Waals surface area contributed by atoms with E-state index in [9.17, 15) is 0 Å². The average Bonchev–Trinajstić information content (AvgIpc) is 3.11. The summed E-state index contributed by atoms with van der Waals surface area (Å²) in [6.45, 7) is 6.96. The van der Waals surface area contributed by atoms with Crippen molar-refractivity contribution in [2.24, 2.45) is 17.8 Å². The molecule has 21 heavy (non-hydrogen) atoms. The lowest BCUT2D eigenvalue weighted by Crippen LogP contribution is -2.29. The molecule has 4 unspecified atom stereocenters. The number of benzene rings is 1. The fraction of sp³-hybridized carbons (Fsp3) is 0.700. The van der Waals surface area contributed by atoms with Crippen molar-refractivity contribution in [2.45, 2.75) is 64.3 Å². The Bertz CT molecular complexity index is 473. The van der Waals surface area contributed by atoms with Gasteiger partial charge in [0.2, 0.25) is 0 Å². The first-order chi connectivity index (χ1) is 10.0. The lowest BCUT2D eigenvalue weighted by atomic mass is 9.78. The van der Waals surface area contributed by atoms with E-state index in [0.717, 1.165) is 17.8 Å². The van der Waals surface area contributed by atoms with Gasteiger partial charge in [-0.2, -0.15) is 0 Å². The minimum absolute atomic E-state index is 0.292. The van der Waals surface area contributed by atoms with Crippen molar-refractivity contribution < 1.29 is 0 Å². The van der Waals surface area contributed by atoms with Crippen LogP contribution in [-0.4, -0.2) is 7.05 Å². The first-order valence-electron chi connectivity index (χ1n) is 8.83. The Morgan fingerprint density at radius 2 is 1.86 bits per heavy atom. The third-order valence-corrected chi connectivity index (χ3v) is 6.47. The predicted molar refractivity (Wildman–Crippen MR) is 90.5 cm³/mol. The Labute approximate surface area is 130 Å². The number of fused-ring (bicyclic) bond motifs is 2. The van der Waals surface area contributed by atoms with Crippen LogP contribution < -0.4 is 5.32 Å². The van der Waals surface area contributed by atoms with Gasteiger partial charge in [0, 0.05) is 6.04 Å². The molecule has 0 radical (unpaired) electrons. The van der Waals surface area contributed by atoms with Crippen molar-refractivity contribution in [3.8, 4) is 0 Å². The molecular weight excluding hydrogens is 254 g/mol. The fourth-order valence-corrected chi connectivity index (χ4v) is 4.68. The van der Waals surface area contributed by atoms with Gasteiger partial charge in [-0.05, 0) is 67.0 Å². The van der Waals surface area contributed by atoms with E-state index in [2.05, 4.69) is 57.4 Å². The van der Waals surface area contributed by atoms with Crippen LogP contribution in [0.1, 0.15) is 70.0 Å². The predicted octanol–water partition coefficient (Wildman–Crippen LogP) is 5.07. The third kappa shape index (κ3) is 2.77. The van der Waals surface area contributed by atoms with Gasteiger partial charge in [-0.3, -0.25) is 0 Å². The van der Waals surface area contributed by atoms with Crippen molar-refractivity contribution in [2.75, 3.05) is 7.05 Å². The molecule has 1 aromatic carbocycles. The first-order valence-corrected chi connectivity index (χ1v) is 8.83. The van der Waals surface area contributed by atoms with Crippen molar-refractivity contribution in [1.82, 2.24) is 5.32 Å². The van der Waals surface area contributed by atoms with Crippen LogP contribution in [0.25, 0.3) is 0 Å². The quantitative estimate of drug-likeness (QED) is 0.796. The highest BCUT2D eigenvalue weighted by Gasteiger charge is 2.43. The number of hydrogen-bond acceptors (Lipinski definition) is 1. The van der Waals surface area contributed by atoms with Gasteiger partial charge >= 0.3 is 0 Å². The summed E-state index contributed by atoms with van der Waals surface area (Å²) >= 11 is 0. The Kier molecular flexibility index (Phi) is 4.14. The maximum absolute atomic E-state index is 3.62. The van der Waals surface area contributed by atoms with Gasteiger partial charge in [0.05, 0.1) is 0 Å². The highest BCUT2D eigenvalue weighted by atomic mass is 14.9. The number of hydrogen-bond donors (Lipinski definition) is 1. The molecule has 2 fully saturated rings. The van der Waals surface area contributed by atoms with Crippen molar-refractivity contribution >= 4 is 0 Å². The fourth-order valence-electron chi connectivity index (χ4n) is 4.68. The smallest absolute Gasteiger partial charge is 0.0348 e. The summed E-state index contributed by atoms with van der Waals surface area (Å²) in [5.74, 6) is 2.85. The SMILES string of the molecule is CCC(C)(C)c1ccc(C(NC)C2CC3CCC2C3)cc1. The number of rotatable bonds is 5. The molecule has 1 heteroatoms. The molecule has 0 saturated heterocycles. The molecule has 3 rings (SSSR count). The van der Waals surface area contributed by atoms with Crippen molar-refractivity contribution in [3.63, 3.8) is 0 Å². The van der Waals surface area contributed by atoms with Crippen LogP contribution in [-0.2, 0) is 5.41 Å². The third-order valence-electron chi connectivity index (χ3n) is 6.47. The van der Waals surface area contributed by atoms with Crippen LogP contribution in [0.5, 0.6) is 0 Å². The van der Waals surface area contributed by atoms with Crippen LogP contribution in [0.2, 0.25) is 0 Å². The van der Waals surface area contributed by atoms with E-state index >= 15 is 0 Å². The van der Waals surface area contributed by atoms with Crippen LogP contribution in [0.4, 0.5) is 0 Å². The molecule has 2 saturated carbocycles. The molecule has 1 nitrogen and oxygen atoms in total. The molecule has 4 atom stereocenters. The van der Waals surface area contributed by atoms with Crippen LogP contribution >= 0.6 is 0 Å². The van der Waals surface area contributed by atoms with E-state index in [-0.39, 0.29) is 0 Å². The topological polar surface area (TPSA) is 12.0 Å². The van der Waals surface area contributed by atoms with Gasteiger partial charge in [-0.15, -0.1) is 0 Å². The van der Waals surface area contributed by atoms with Gasteiger partial charge in [0.25, 0.3) is 0 Å². The minimum atomic E-state index is 0.292. The maximum atomic E-state index is 3.62. The minimum Gasteiger partial charge on any atom is -0.313 e. The molecule has 0 heterocycles. The highest BCUT2D eigenvalue weighted by molar-refractivity contribution is 5.30. The zero-order valence-electron chi connectivity index (χ0n) is 14.2. The first kappa shape index (κ1) is 15.1. The molecule has 0 spiro atoms. The Balaban J connectivity index is 1.79. The van der Waals surface area contributed by atoms with Gasteiger partial charge in [-0.25, -0.2) is 0 Å². The molecule has 1 N–H and O–H groups in total. The van der Waals surface area contributed by atoms with E-state index in [0.29, 0.717) is 11.5 Å². The summed E-state index contributed by atoms with van der Waals surface area (Å²) < 4.78 is 0. The van der Waals surface area contributed by atoms with Crippen molar-refractivity contribution in [3.05, 3.63) is 35.4 Å². The molecule has 0 aromatic heterocycles. The second kappa shape index (κ2) is 5.76. The molecule has 0 amide bonds. The Morgan fingerprint density at radius 1 is 1.14 bits per heavy atom. The van der Waals surface area contributed by atoms with Crippen LogP contribution in [0, 0.1) is 17.8 Å². The molecule has 0 aliphatic heterocycles. The van der Waals surface area contributed by atoms with Crippen molar-refractivity contribution in [1.29, 1.82) is 0 Å². The lowest BCUT2D eigenvalue weighted by Gasteiger charge is -2.31.